The topological polar surface area (TPSA) is 43.7 Å². The minimum absolute atomic E-state index is 0.284. The molecule has 1 aliphatic heterocycles. The molecule has 1 aliphatic rings. The molecule has 0 aromatic heterocycles. The Balaban J connectivity index is 2.04. The van der Waals surface area contributed by atoms with Crippen LogP contribution in [0, 0.1) is 0 Å². The maximum absolute atomic E-state index is 9.81. The van der Waals surface area contributed by atoms with E-state index in [0.717, 1.165) is 31.4 Å². The van der Waals surface area contributed by atoms with Crippen LogP contribution in [0.25, 0.3) is 0 Å². The van der Waals surface area contributed by atoms with Gasteiger partial charge >= 0.3 is 0 Å². The molecule has 3 nitrogen and oxygen atoms in total. The van der Waals surface area contributed by atoms with Crippen LogP contribution < -0.4 is 4.90 Å². The van der Waals surface area contributed by atoms with Gasteiger partial charge < -0.3 is 15.1 Å². The molecule has 0 saturated carbocycles. The molecule has 1 saturated heterocycles. The number of anilines is 1. The van der Waals surface area contributed by atoms with Crippen molar-refractivity contribution in [2.24, 2.45) is 0 Å². The molecule has 2 atom stereocenters. The molecule has 2 N–H and O–H groups in total. The number of rotatable bonds is 6. The Morgan fingerprint density at radius 1 is 1.32 bits per heavy atom. The fraction of sp³-hybridized carbons (Fsp3) is 0.625. The fourth-order valence-corrected chi connectivity index (χ4v) is 2.93. The molecular formula is C16H25NO2. The Bertz CT molecular complexity index is 377. The van der Waals surface area contributed by atoms with Gasteiger partial charge in [-0.3, -0.25) is 0 Å². The molecule has 0 bridgehead atoms. The minimum atomic E-state index is -0.349. The summed E-state index contributed by atoms with van der Waals surface area (Å²) in [6.45, 7) is 3.38. The highest BCUT2D eigenvalue weighted by molar-refractivity contribution is 5.49. The van der Waals surface area contributed by atoms with Crippen molar-refractivity contribution < 1.29 is 10.2 Å². The summed E-state index contributed by atoms with van der Waals surface area (Å²) in [7, 11) is 0. The number of benzene rings is 1. The van der Waals surface area contributed by atoms with E-state index in [4.69, 9.17) is 5.11 Å². The number of nitrogens with zero attached hydrogens (tertiary/aromatic N) is 1. The van der Waals surface area contributed by atoms with Crippen LogP contribution in [-0.4, -0.2) is 29.4 Å². The van der Waals surface area contributed by atoms with Crippen LogP contribution in [0.2, 0.25) is 0 Å². The highest BCUT2D eigenvalue weighted by Gasteiger charge is 2.24. The van der Waals surface area contributed by atoms with Crippen molar-refractivity contribution >= 4 is 5.69 Å². The van der Waals surface area contributed by atoms with Gasteiger partial charge in [0.1, 0.15) is 0 Å². The largest absolute Gasteiger partial charge is 0.396 e. The summed E-state index contributed by atoms with van der Waals surface area (Å²) in [5.74, 6) is 0. The second-order valence-corrected chi connectivity index (χ2v) is 5.37. The zero-order chi connectivity index (χ0) is 13.7. The minimum Gasteiger partial charge on any atom is -0.396 e. The summed E-state index contributed by atoms with van der Waals surface area (Å²) < 4.78 is 0. The maximum Gasteiger partial charge on any atom is 0.0787 e. The van der Waals surface area contributed by atoms with Crippen molar-refractivity contribution in [2.45, 2.75) is 51.2 Å². The van der Waals surface area contributed by atoms with Crippen molar-refractivity contribution in [3.8, 4) is 0 Å². The monoisotopic (exact) mass is 263 g/mol. The van der Waals surface area contributed by atoms with Gasteiger partial charge in [-0.1, -0.05) is 19.1 Å². The molecule has 1 aromatic rings. The first kappa shape index (κ1) is 14.4. The average Bonchev–Trinajstić information content (AvgIpc) is 2.92. The van der Waals surface area contributed by atoms with Gasteiger partial charge in [-0.05, 0) is 49.8 Å². The molecule has 0 amide bonds. The normalized spacial score (nSPS) is 20.8. The van der Waals surface area contributed by atoms with Crippen molar-refractivity contribution in [3.05, 3.63) is 29.8 Å². The lowest BCUT2D eigenvalue weighted by atomic mass is 10.1. The first-order valence-electron chi connectivity index (χ1n) is 7.41. The van der Waals surface area contributed by atoms with E-state index in [-0.39, 0.29) is 12.7 Å². The third kappa shape index (κ3) is 3.48. The van der Waals surface area contributed by atoms with Gasteiger partial charge in [0.15, 0.2) is 0 Å². The quantitative estimate of drug-likeness (QED) is 0.829. The van der Waals surface area contributed by atoms with Gasteiger partial charge in [0, 0.05) is 24.9 Å². The SMILES string of the molecule is CC[C@H](O)c1ccc(N2CCCC2CCCO)cc1. The molecule has 106 valence electrons. The molecule has 2 rings (SSSR count). The maximum atomic E-state index is 9.81. The van der Waals surface area contributed by atoms with Crippen LogP contribution in [-0.2, 0) is 0 Å². The first-order chi connectivity index (χ1) is 9.26. The van der Waals surface area contributed by atoms with Crippen LogP contribution in [0.3, 0.4) is 0 Å². The van der Waals surface area contributed by atoms with Gasteiger partial charge in [-0.25, -0.2) is 0 Å². The average molecular weight is 263 g/mol. The van der Waals surface area contributed by atoms with Gasteiger partial charge in [-0.2, -0.15) is 0 Å². The first-order valence-corrected chi connectivity index (χ1v) is 7.41. The van der Waals surface area contributed by atoms with Crippen molar-refractivity contribution in [2.75, 3.05) is 18.1 Å². The number of aliphatic hydroxyl groups is 2. The summed E-state index contributed by atoms with van der Waals surface area (Å²) in [6, 6.07) is 8.86. The Kier molecular flexibility index (Phi) is 5.23. The molecule has 1 aromatic carbocycles. The highest BCUT2D eigenvalue weighted by atomic mass is 16.3. The van der Waals surface area contributed by atoms with E-state index in [1.54, 1.807) is 0 Å². The summed E-state index contributed by atoms with van der Waals surface area (Å²) in [5, 5.41) is 18.8. The molecule has 0 radical (unpaired) electrons. The second kappa shape index (κ2) is 6.92. The standard InChI is InChI=1S/C16H25NO2/c1-2-16(19)13-7-9-15(10-8-13)17-11-3-5-14(17)6-4-12-18/h7-10,14,16,18-19H,2-6,11-12H2,1H3/t14?,16-/m0/s1. The lowest BCUT2D eigenvalue weighted by Gasteiger charge is -2.27. The molecule has 0 spiro atoms. The summed E-state index contributed by atoms with van der Waals surface area (Å²) in [6.07, 6.45) is 4.80. The summed E-state index contributed by atoms with van der Waals surface area (Å²) in [5.41, 5.74) is 2.24. The van der Waals surface area contributed by atoms with Crippen LogP contribution in [0.4, 0.5) is 5.69 Å². The molecule has 0 aliphatic carbocycles. The fourth-order valence-electron chi connectivity index (χ4n) is 2.93. The van der Waals surface area contributed by atoms with Crippen LogP contribution in [0.15, 0.2) is 24.3 Å². The van der Waals surface area contributed by atoms with E-state index < -0.39 is 0 Å². The third-order valence-electron chi connectivity index (χ3n) is 4.07. The van der Waals surface area contributed by atoms with Crippen molar-refractivity contribution in [3.63, 3.8) is 0 Å². The Morgan fingerprint density at radius 3 is 2.68 bits per heavy atom. The van der Waals surface area contributed by atoms with Crippen LogP contribution in [0.1, 0.15) is 50.7 Å². The number of aliphatic hydroxyl groups excluding tert-OH is 2. The van der Waals surface area contributed by atoms with E-state index >= 15 is 0 Å². The van der Waals surface area contributed by atoms with E-state index in [2.05, 4.69) is 17.0 Å². The molecule has 19 heavy (non-hydrogen) atoms. The molecule has 1 heterocycles. The van der Waals surface area contributed by atoms with Gasteiger partial charge in [0.25, 0.3) is 0 Å². The van der Waals surface area contributed by atoms with Gasteiger partial charge in [0.05, 0.1) is 6.10 Å². The predicted molar refractivity (Wildman–Crippen MR) is 78.4 cm³/mol. The second-order valence-electron chi connectivity index (χ2n) is 5.37. The predicted octanol–water partition coefficient (Wildman–Crippen LogP) is 2.87. The molecule has 3 heteroatoms. The van der Waals surface area contributed by atoms with Crippen molar-refractivity contribution in [1.82, 2.24) is 0 Å². The lowest BCUT2D eigenvalue weighted by molar-refractivity contribution is 0.173. The number of hydrogen-bond donors (Lipinski definition) is 2. The zero-order valence-electron chi connectivity index (χ0n) is 11.8. The van der Waals surface area contributed by atoms with Gasteiger partial charge in [0.2, 0.25) is 0 Å². The zero-order valence-corrected chi connectivity index (χ0v) is 11.8. The van der Waals surface area contributed by atoms with Crippen LogP contribution >= 0.6 is 0 Å². The highest BCUT2D eigenvalue weighted by Crippen LogP contribution is 2.29. The lowest BCUT2D eigenvalue weighted by Crippen LogP contribution is -2.29. The smallest absolute Gasteiger partial charge is 0.0787 e. The van der Waals surface area contributed by atoms with E-state index in [9.17, 15) is 5.11 Å². The molecule has 1 unspecified atom stereocenters. The van der Waals surface area contributed by atoms with Crippen molar-refractivity contribution in [1.29, 1.82) is 0 Å². The third-order valence-corrected chi connectivity index (χ3v) is 4.07. The van der Waals surface area contributed by atoms with E-state index in [0.29, 0.717) is 6.04 Å². The number of hydrogen-bond acceptors (Lipinski definition) is 3. The Labute approximate surface area is 115 Å². The Hall–Kier alpha value is -1.06. The summed E-state index contributed by atoms with van der Waals surface area (Å²) in [4.78, 5) is 2.44. The Morgan fingerprint density at radius 2 is 2.05 bits per heavy atom. The molecular weight excluding hydrogens is 238 g/mol. The molecule has 1 fully saturated rings. The van der Waals surface area contributed by atoms with E-state index in [1.807, 2.05) is 19.1 Å². The van der Waals surface area contributed by atoms with Crippen LogP contribution in [0.5, 0.6) is 0 Å². The van der Waals surface area contributed by atoms with E-state index in [1.165, 1.54) is 18.5 Å². The summed E-state index contributed by atoms with van der Waals surface area (Å²) >= 11 is 0. The van der Waals surface area contributed by atoms with Gasteiger partial charge in [-0.15, -0.1) is 0 Å².